The van der Waals surface area contributed by atoms with Gasteiger partial charge in [-0.1, -0.05) is 0 Å². The van der Waals surface area contributed by atoms with Crippen molar-refractivity contribution in [2.45, 2.75) is 43.9 Å². The molecule has 150 valence electrons. The minimum absolute atomic E-state index is 0.0891. The van der Waals surface area contributed by atoms with E-state index in [2.05, 4.69) is 10.2 Å². The van der Waals surface area contributed by atoms with E-state index in [1.54, 1.807) is 24.3 Å². The van der Waals surface area contributed by atoms with Crippen molar-refractivity contribution in [2.24, 2.45) is 5.73 Å². The van der Waals surface area contributed by atoms with Crippen molar-refractivity contribution in [2.75, 3.05) is 39.5 Å². The van der Waals surface area contributed by atoms with Gasteiger partial charge in [-0.2, -0.15) is 0 Å². The largest absolute Gasteiger partial charge is 0.494 e. The van der Waals surface area contributed by atoms with Crippen LogP contribution in [0.15, 0.2) is 24.3 Å². The minimum Gasteiger partial charge on any atom is -0.494 e. The molecule has 0 radical (unpaired) electrons. The third-order valence-corrected chi connectivity index (χ3v) is 5.39. The number of carbonyl (C=O) groups is 1. The Labute approximate surface area is 160 Å². The molecule has 1 saturated heterocycles. The fourth-order valence-corrected chi connectivity index (χ4v) is 3.85. The van der Waals surface area contributed by atoms with Crippen LogP contribution in [0.5, 0.6) is 5.75 Å². The first kappa shape index (κ1) is 20.1. The maximum atomic E-state index is 12.6. The molecule has 0 aromatic heterocycles. The molecule has 27 heavy (non-hydrogen) atoms. The summed E-state index contributed by atoms with van der Waals surface area (Å²) >= 11 is 0. The number of nitrogens with two attached hydrogens (primary N) is 1. The lowest BCUT2D eigenvalue weighted by atomic mass is 9.86. The molecule has 7 heteroatoms. The van der Waals surface area contributed by atoms with E-state index in [9.17, 15) is 9.90 Å². The summed E-state index contributed by atoms with van der Waals surface area (Å²) in [6, 6.07) is 6.95. The average molecular weight is 377 g/mol. The van der Waals surface area contributed by atoms with Crippen molar-refractivity contribution in [3.8, 4) is 5.75 Å². The van der Waals surface area contributed by atoms with Crippen LogP contribution in [0.1, 0.15) is 36.0 Å². The van der Waals surface area contributed by atoms with Crippen LogP contribution in [0.3, 0.4) is 0 Å². The van der Waals surface area contributed by atoms with Crippen LogP contribution in [0.2, 0.25) is 0 Å². The van der Waals surface area contributed by atoms with E-state index < -0.39 is 6.10 Å². The van der Waals surface area contributed by atoms with Gasteiger partial charge in [-0.05, 0) is 56.5 Å². The van der Waals surface area contributed by atoms with Gasteiger partial charge in [0, 0.05) is 24.7 Å². The number of amides is 1. The second kappa shape index (κ2) is 10.0. The summed E-state index contributed by atoms with van der Waals surface area (Å²) in [5, 5.41) is 13.8. The highest BCUT2D eigenvalue weighted by Crippen LogP contribution is 2.25. The molecule has 1 aromatic carbocycles. The summed E-state index contributed by atoms with van der Waals surface area (Å²) < 4.78 is 11.0. The molecular weight excluding hydrogens is 346 g/mol. The summed E-state index contributed by atoms with van der Waals surface area (Å²) in [5.41, 5.74) is 6.02. The zero-order chi connectivity index (χ0) is 19.1. The highest BCUT2D eigenvalue weighted by Gasteiger charge is 2.36. The first-order chi connectivity index (χ1) is 13.2. The molecule has 4 N–H and O–H groups in total. The maximum absolute atomic E-state index is 12.6. The number of ether oxygens (including phenoxy) is 2. The van der Waals surface area contributed by atoms with Gasteiger partial charge >= 0.3 is 0 Å². The van der Waals surface area contributed by atoms with Gasteiger partial charge in [0.15, 0.2) is 0 Å². The Balaban J connectivity index is 1.54. The highest BCUT2D eigenvalue weighted by atomic mass is 16.5. The minimum atomic E-state index is -0.556. The molecular formula is C20H31N3O4. The molecule has 0 spiro atoms. The molecule has 7 nitrogen and oxygen atoms in total. The first-order valence-electron chi connectivity index (χ1n) is 9.92. The highest BCUT2D eigenvalue weighted by molar-refractivity contribution is 5.94. The van der Waals surface area contributed by atoms with Crippen LogP contribution in [-0.4, -0.2) is 73.6 Å². The predicted octanol–water partition coefficient (Wildman–Crippen LogP) is 0.758. The lowest BCUT2D eigenvalue weighted by molar-refractivity contribution is -0.0459. The second-order valence-corrected chi connectivity index (χ2v) is 7.23. The van der Waals surface area contributed by atoms with Gasteiger partial charge in [0.05, 0.1) is 32.0 Å². The normalized spacial score (nSPS) is 26.5. The van der Waals surface area contributed by atoms with Crippen molar-refractivity contribution in [3.05, 3.63) is 29.8 Å². The van der Waals surface area contributed by atoms with E-state index in [1.165, 1.54) is 0 Å². The van der Waals surface area contributed by atoms with Gasteiger partial charge in [-0.15, -0.1) is 0 Å². The number of hydrogen-bond acceptors (Lipinski definition) is 6. The van der Waals surface area contributed by atoms with Crippen molar-refractivity contribution in [1.82, 2.24) is 10.2 Å². The summed E-state index contributed by atoms with van der Waals surface area (Å²) in [5.74, 6) is 0.570. The third kappa shape index (κ3) is 5.42. The van der Waals surface area contributed by atoms with E-state index in [1.807, 2.05) is 0 Å². The van der Waals surface area contributed by atoms with Gasteiger partial charge in [-0.25, -0.2) is 0 Å². The lowest BCUT2D eigenvalue weighted by Gasteiger charge is -2.43. The standard InChI is InChI=1S/C20H31N3O4/c21-9-2-12-27-16-7-5-15(6-8-16)20(25)22-17-3-1-4-18(19(17)24)23-10-13-26-14-11-23/h5-8,17-19,24H,1-4,9-14,21H2,(H,22,25)/t17-,18-,19-/m1/s1. The van der Waals surface area contributed by atoms with Gasteiger partial charge in [0.1, 0.15) is 5.75 Å². The number of rotatable bonds is 7. The van der Waals surface area contributed by atoms with Gasteiger partial charge in [0.25, 0.3) is 5.91 Å². The predicted molar refractivity (Wildman–Crippen MR) is 103 cm³/mol. The van der Waals surface area contributed by atoms with Gasteiger partial charge in [0.2, 0.25) is 0 Å². The number of nitrogens with zero attached hydrogens (tertiary/aromatic N) is 1. The smallest absolute Gasteiger partial charge is 0.251 e. The first-order valence-corrected chi connectivity index (χ1v) is 9.92. The fourth-order valence-electron chi connectivity index (χ4n) is 3.85. The van der Waals surface area contributed by atoms with Crippen LogP contribution in [0.4, 0.5) is 0 Å². The van der Waals surface area contributed by atoms with E-state index >= 15 is 0 Å². The molecule has 1 saturated carbocycles. The van der Waals surface area contributed by atoms with E-state index in [0.717, 1.165) is 44.5 Å². The van der Waals surface area contributed by atoms with Crippen LogP contribution in [0, 0.1) is 0 Å². The Hall–Kier alpha value is -1.67. The number of benzene rings is 1. The van der Waals surface area contributed by atoms with Gasteiger partial charge < -0.3 is 25.6 Å². The Morgan fingerprint density at radius 2 is 2.00 bits per heavy atom. The number of morpholine rings is 1. The van der Waals surface area contributed by atoms with Crippen LogP contribution < -0.4 is 15.8 Å². The summed E-state index contributed by atoms with van der Waals surface area (Å²) in [4.78, 5) is 14.9. The number of aliphatic hydroxyl groups excluding tert-OH is 1. The molecule has 2 fully saturated rings. The molecule has 0 unspecified atom stereocenters. The van der Waals surface area contributed by atoms with Crippen molar-refractivity contribution in [3.63, 3.8) is 0 Å². The zero-order valence-electron chi connectivity index (χ0n) is 15.8. The van der Waals surface area contributed by atoms with Crippen LogP contribution in [-0.2, 0) is 4.74 Å². The molecule has 2 aliphatic rings. The van der Waals surface area contributed by atoms with Gasteiger partial charge in [-0.3, -0.25) is 9.69 Å². The quantitative estimate of drug-likeness (QED) is 0.607. The SMILES string of the molecule is NCCCOc1ccc(C(=O)N[C@@H]2CCC[C@@H](N3CCOCC3)[C@@H]2O)cc1. The van der Waals surface area contributed by atoms with Crippen molar-refractivity contribution < 1.29 is 19.4 Å². The summed E-state index contributed by atoms with van der Waals surface area (Å²) in [6.45, 7) is 4.26. The fraction of sp³-hybridized carbons (Fsp3) is 0.650. The Kier molecular flexibility index (Phi) is 7.46. The van der Waals surface area contributed by atoms with Crippen molar-refractivity contribution >= 4 is 5.91 Å². The summed E-state index contributed by atoms with van der Waals surface area (Å²) in [6.07, 6.45) is 3.00. The number of aliphatic hydroxyl groups is 1. The molecule has 1 aliphatic heterocycles. The monoisotopic (exact) mass is 377 g/mol. The molecule has 1 heterocycles. The topological polar surface area (TPSA) is 97.0 Å². The molecule has 3 atom stereocenters. The molecule has 3 rings (SSSR count). The Morgan fingerprint density at radius 3 is 2.70 bits per heavy atom. The Morgan fingerprint density at radius 1 is 1.26 bits per heavy atom. The van der Waals surface area contributed by atoms with E-state index in [0.29, 0.717) is 31.9 Å². The molecule has 1 aromatic rings. The second-order valence-electron chi connectivity index (χ2n) is 7.23. The average Bonchev–Trinajstić information content (AvgIpc) is 2.71. The van der Waals surface area contributed by atoms with Crippen molar-refractivity contribution in [1.29, 1.82) is 0 Å². The third-order valence-electron chi connectivity index (χ3n) is 5.39. The molecule has 1 aliphatic carbocycles. The number of hydrogen-bond donors (Lipinski definition) is 3. The summed E-state index contributed by atoms with van der Waals surface area (Å²) in [7, 11) is 0. The van der Waals surface area contributed by atoms with Crippen LogP contribution >= 0.6 is 0 Å². The Bertz CT molecular complexity index is 589. The molecule has 0 bridgehead atoms. The van der Waals surface area contributed by atoms with Crippen LogP contribution in [0.25, 0.3) is 0 Å². The number of carbonyl (C=O) groups excluding carboxylic acids is 1. The maximum Gasteiger partial charge on any atom is 0.251 e. The lowest BCUT2D eigenvalue weighted by Crippen LogP contribution is -2.58. The number of nitrogens with one attached hydrogen (secondary N) is 1. The van der Waals surface area contributed by atoms with E-state index in [4.69, 9.17) is 15.2 Å². The molecule has 1 amide bonds. The van der Waals surface area contributed by atoms with E-state index in [-0.39, 0.29) is 18.0 Å². The zero-order valence-corrected chi connectivity index (χ0v) is 15.8.